The highest BCUT2D eigenvalue weighted by atomic mass is 16.2. The molecule has 3 unspecified atom stereocenters. The van der Waals surface area contributed by atoms with Crippen LogP contribution in [0.15, 0.2) is 0 Å². The van der Waals surface area contributed by atoms with Gasteiger partial charge < -0.3 is 4.90 Å². The second-order valence-corrected chi connectivity index (χ2v) is 5.51. The fourth-order valence-corrected chi connectivity index (χ4v) is 3.03. The molecule has 0 aliphatic carbocycles. The molecule has 100 valence electrons. The minimum Gasteiger partial charge on any atom is -0.339 e. The van der Waals surface area contributed by atoms with Crippen molar-refractivity contribution in [2.75, 3.05) is 6.54 Å². The molecule has 1 aliphatic rings. The summed E-state index contributed by atoms with van der Waals surface area (Å²) in [6.07, 6.45) is 7.05. The monoisotopic (exact) mass is 239 g/mol. The molecule has 17 heavy (non-hydrogen) atoms. The Balaban J connectivity index is 2.75. The Morgan fingerprint density at radius 3 is 2.59 bits per heavy atom. The van der Waals surface area contributed by atoms with Crippen LogP contribution in [-0.2, 0) is 4.79 Å². The van der Waals surface area contributed by atoms with Crippen LogP contribution in [0.5, 0.6) is 0 Å². The molecule has 1 saturated heterocycles. The first kappa shape index (κ1) is 14.5. The van der Waals surface area contributed by atoms with E-state index in [1.165, 1.54) is 32.1 Å². The highest BCUT2D eigenvalue weighted by Gasteiger charge is 2.33. The third-order valence-corrected chi connectivity index (χ3v) is 4.34. The van der Waals surface area contributed by atoms with Crippen LogP contribution in [-0.4, -0.2) is 23.4 Å². The number of amides is 1. The molecule has 2 heteroatoms. The zero-order valence-electron chi connectivity index (χ0n) is 12.0. The molecule has 0 bridgehead atoms. The maximum atomic E-state index is 12.4. The van der Waals surface area contributed by atoms with Crippen LogP contribution in [0.3, 0.4) is 0 Å². The number of hydrogen-bond donors (Lipinski definition) is 0. The standard InChI is InChI=1S/C15H29NO/c1-5-9-14-13(7-3)10-8-11-16(14)15(17)12(4)6-2/h12-14H,5-11H2,1-4H3. The summed E-state index contributed by atoms with van der Waals surface area (Å²) in [5, 5.41) is 0. The molecule has 3 atom stereocenters. The topological polar surface area (TPSA) is 20.3 Å². The van der Waals surface area contributed by atoms with Crippen LogP contribution in [0.2, 0.25) is 0 Å². The maximum absolute atomic E-state index is 12.4. The maximum Gasteiger partial charge on any atom is 0.225 e. The van der Waals surface area contributed by atoms with Crippen LogP contribution in [0.25, 0.3) is 0 Å². The van der Waals surface area contributed by atoms with E-state index in [0.717, 1.165) is 18.9 Å². The third kappa shape index (κ3) is 3.46. The molecule has 1 heterocycles. The second kappa shape index (κ2) is 7.03. The van der Waals surface area contributed by atoms with Gasteiger partial charge in [-0.15, -0.1) is 0 Å². The fourth-order valence-electron chi connectivity index (χ4n) is 3.03. The van der Waals surface area contributed by atoms with Crippen molar-refractivity contribution in [1.29, 1.82) is 0 Å². The van der Waals surface area contributed by atoms with E-state index in [1.807, 2.05) is 0 Å². The number of likely N-dealkylation sites (tertiary alicyclic amines) is 1. The van der Waals surface area contributed by atoms with Crippen molar-refractivity contribution in [3.8, 4) is 0 Å². The highest BCUT2D eigenvalue weighted by Crippen LogP contribution is 2.30. The van der Waals surface area contributed by atoms with Crippen molar-refractivity contribution in [1.82, 2.24) is 4.90 Å². The van der Waals surface area contributed by atoms with E-state index >= 15 is 0 Å². The average Bonchev–Trinajstić information content (AvgIpc) is 2.37. The van der Waals surface area contributed by atoms with Crippen LogP contribution >= 0.6 is 0 Å². The van der Waals surface area contributed by atoms with Gasteiger partial charge in [-0.05, 0) is 31.6 Å². The van der Waals surface area contributed by atoms with Gasteiger partial charge >= 0.3 is 0 Å². The molecule has 1 rings (SSSR count). The van der Waals surface area contributed by atoms with Crippen molar-refractivity contribution in [2.45, 2.75) is 72.3 Å². The van der Waals surface area contributed by atoms with Gasteiger partial charge in [-0.25, -0.2) is 0 Å². The lowest BCUT2D eigenvalue weighted by atomic mass is 9.84. The summed E-state index contributed by atoms with van der Waals surface area (Å²) in [4.78, 5) is 14.6. The van der Waals surface area contributed by atoms with Gasteiger partial charge in [-0.2, -0.15) is 0 Å². The first-order chi connectivity index (χ1) is 8.15. The number of carbonyl (C=O) groups is 1. The van der Waals surface area contributed by atoms with Crippen molar-refractivity contribution in [2.24, 2.45) is 11.8 Å². The third-order valence-electron chi connectivity index (χ3n) is 4.34. The number of rotatable bonds is 5. The summed E-state index contributed by atoms with van der Waals surface area (Å²) in [6.45, 7) is 9.67. The number of carbonyl (C=O) groups excluding carboxylic acids is 1. The van der Waals surface area contributed by atoms with Gasteiger partial charge in [-0.3, -0.25) is 4.79 Å². The Hall–Kier alpha value is -0.530. The molecule has 0 N–H and O–H groups in total. The minimum absolute atomic E-state index is 0.199. The summed E-state index contributed by atoms with van der Waals surface area (Å²) >= 11 is 0. The fraction of sp³-hybridized carbons (Fsp3) is 0.933. The van der Waals surface area contributed by atoms with Crippen LogP contribution in [0.1, 0.15) is 66.2 Å². The smallest absolute Gasteiger partial charge is 0.225 e. The first-order valence-corrected chi connectivity index (χ1v) is 7.46. The normalized spacial score (nSPS) is 26.9. The van der Waals surface area contributed by atoms with Gasteiger partial charge in [0.05, 0.1) is 0 Å². The van der Waals surface area contributed by atoms with E-state index in [0.29, 0.717) is 11.9 Å². The molecule has 0 saturated carbocycles. The second-order valence-electron chi connectivity index (χ2n) is 5.51. The number of nitrogens with zero attached hydrogens (tertiary/aromatic N) is 1. The van der Waals surface area contributed by atoms with E-state index in [2.05, 4.69) is 32.6 Å². The van der Waals surface area contributed by atoms with Crippen LogP contribution in [0.4, 0.5) is 0 Å². The summed E-state index contributed by atoms with van der Waals surface area (Å²) < 4.78 is 0. The van der Waals surface area contributed by atoms with E-state index in [-0.39, 0.29) is 5.92 Å². The summed E-state index contributed by atoms with van der Waals surface area (Å²) in [5.41, 5.74) is 0. The molecule has 0 aromatic rings. The largest absolute Gasteiger partial charge is 0.339 e. The Morgan fingerprint density at radius 2 is 2.06 bits per heavy atom. The van der Waals surface area contributed by atoms with Gasteiger partial charge in [0.1, 0.15) is 0 Å². The molecule has 0 spiro atoms. The predicted molar refractivity (Wildman–Crippen MR) is 72.9 cm³/mol. The number of hydrogen-bond acceptors (Lipinski definition) is 1. The molecule has 1 amide bonds. The van der Waals surface area contributed by atoms with E-state index in [4.69, 9.17) is 0 Å². The minimum atomic E-state index is 0.199. The molecule has 0 aromatic carbocycles. The van der Waals surface area contributed by atoms with Gasteiger partial charge in [0.2, 0.25) is 5.91 Å². The Labute approximate surface area is 107 Å². The van der Waals surface area contributed by atoms with E-state index in [9.17, 15) is 4.79 Å². The van der Waals surface area contributed by atoms with Gasteiger partial charge in [0.15, 0.2) is 0 Å². The Kier molecular flexibility index (Phi) is 6.01. The quantitative estimate of drug-likeness (QED) is 0.713. The number of piperidine rings is 1. The molecule has 2 nitrogen and oxygen atoms in total. The molecular weight excluding hydrogens is 210 g/mol. The van der Waals surface area contributed by atoms with Crippen molar-refractivity contribution < 1.29 is 4.79 Å². The molecule has 1 fully saturated rings. The molecular formula is C15H29NO. The van der Waals surface area contributed by atoms with Crippen LogP contribution in [0, 0.1) is 11.8 Å². The molecule has 0 aromatic heterocycles. The average molecular weight is 239 g/mol. The first-order valence-electron chi connectivity index (χ1n) is 7.46. The lowest BCUT2D eigenvalue weighted by molar-refractivity contribution is -0.140. The van der Waals surface area contributed by atoms with E-state index < -0.39 is 0 Å². The SMILES string of the molecule is CCCC1C(CC)CCCN1C(=O)C(C)CC. The van der Waals surface area contributed by atoms with Crippen molar-refractivity contribution >= 4 is 5.91 Å². The predicted octanol–water partition coefficient (Wildman–Crippen LogP) is 3.85. The van der Waals surface area contributed by atoms with E-state index in [1.54, 1.807) is 0 Å². The zero-order valence-corrected chi connectivity index (χ0v) is 12.0. The summed E-state index contributed by atoms with van der Waals surface area (Å²) in [5.74, 6) is 1.32. The zero-order chi connectivity index (χ0) is 12.8. The summed E-state index contributed by atoms with van der Waals surface area (Å²) in [7, 11) is 0. The Morgan fingerprint density at radius 1 is 1.35 bits per heavy atom. The van der Waals surface area contributed by atoms with Crippen molar-refractivity contribution in [3.05, 3.63) is 0 Å². The molecule has 1 aliphatic heterocycles. The lowest BCUT2D eigenvalue weighted by Gasteiger charge is -2.42. The van der Waals surface area contributed by atoms with Gasteiger partial charge in [0, 0.05) is 18.5 Å². The highest BCUT2D eigenvalue weighted by molar-refractivity contribution is 5.78. The lowest BCUT2D eigenvalue weighted by Crippen LogP contribution is -2.50. The van der Waals surface area contributed by atoms with Crippen LogP contribution < -0.4 is 0 Å². The summed E-state index contributed by atoms with van der Waals surface area (Å²) in [6, 6.07) is 0.514. The Bertz CT molecular complexity index is 239. The van der Waals surface area contributed by atoms with Crippen molar-refractivity contribution in [3.63, 3.8) is 0 Å². The molecule has 0 radical (unpaired) electrons. The van der Waals surface area contributed by atoms with Gasteiger partial charge in [-0.1, -0.05) is 40.5 Å². The van der Waals surface area contributed by atoms with Gasteiger partial charge in [0.25, 0.3) is 0 Å².